The van der Waals surface area contributed by atoms with E-state index in [1.54, 1.807) is 0 Å². The summed E-state index contributed by atoms with van der Waals surface area (Å²) in [6, 6.07) is 16.1. The maximum absolute atomic E-state index is 12.7. The Morgan fingerprint density at radius 1 is 1.05 bits per heavy atom. The van der Waals surface area contributed by atoms with Crippen LogP contribution in [0.2, 0.25) is 0 Å². The second-order valence-electron chi connectivity index (χ2n) is 5.05. The monoisotopic (exact) mass is 252 g/mol. The fourth-order valence-corrected chi connectivity index (χ4v) is 2.45. The summed E-state index contributed by atoms with van der Waals surface area (Å²) in [4.78, 5) is 12.7. The largest absolute Gasteiger partial charge is 0.293 e. The van der Waals surface area contributed by atoms with E-state index in [-0.39, 0.29) is 11.7 Å². The summed E-state index contributed by atoms with van der Waals surface area (Å²) < 4.78 is 0. The first kappa shape index (κ1) is 13.5. The molecule has 0 aliphatic rings. The smallest absolute Gasteiger partial charge is 0.170 e. The zero-order valence-corrected chi connectivity index (χ0v) is 11.8. The minimum Gasteiger partial charge on any atom is -0.293 e. The zero-order valence-electron chi connectivity index (χ0n) is 11.8. The van der Waals surface area contributed by atoms with E-state index in [0.717, 1.165) is 28.7 Å². The minimum absolute atomic E-state index is 0.0401. The van der Waals surface area contributed by atoms with Crippen LogP contribution in [0.25, 0.3) is 0 Å². The third kappa shape index (κ3) is 2.93. The van der Waals surface area contributed by atoms with Gasteiger partial charge in [-0.2, -0.15) is 0 Å². The number of hydrogen-bond acceptors (Lipinski definition) is 1. The average molecular weight is 252 g/mol. The van der Waals surface area contributed by atoms with Crippen LogP contribution in [0.3, 0.4) is 0 Å². The predicted octanol–water partition coefficient (Wildman–Crippen LogP) is 4.68. The molecule has 2 aromatic rings. The van der Waals surface area contributed by atoms with Crippen molar-refractivity contribution in [2.45, 2.75) is 33.1 Å². The highest BCUT2D eigenvalue weighted by Crippen LogP contribution is 2.26. The fraction of sp³-hybridized carbons (Fsp3) is 0.278. The minimum atomic E-state index is -0.0401. The van der Waals surface area contributed by atoms with Crippen LogP contribution >= 0.6 is 0 Å². The van der Waals surface area contributed by atoms with Gasteiger partial charge in [-0.3, -0.25) is 4.79 Å². The quantitative estimate of drug-likeness (QED) is 0.722. The van der Waals surface area contributed by atoms with E-state index in [1.165, 1.54) is 0 Å². The lowest BCUT2D eigenvalue weighted by atomic mass is 9.86. The number of Topliss-reactive ketones (excluding diaryl/α,β-unsaturated/α-hetero) is 1. The van der Waals surface area contributed by atoms with Crippen LogP contribution in [0.15, 0.2) is 48.5 Å². The molecule has 1 heteroatoms. The molecule has 0 aliphatic heterocycles. The van der Waals surface area contributed by atoms with E-state index in [1.807, 2.05) is 56.3 Å². The van der Waals surface area contributed by atoms with Gasteiger partial charge < -0.3 is 0 Å². The van der Waals surface area contributed by atoms with Gasteiger partial charge in [0.2, 0.25) is 0 Å². The van der Waals surface area contributed by atoms with Gasteiger partial charge in [0.1, 0.15) is 0 Å². The Morgan fingerprint density at radius 2 is 1.74 bits per heavy atom. The summed E-state index contributed by atoms with van der Waals surface area (Å²) in [5.74, 6) is 0.191. The van der Waals surface area contributed by atoms with Crippen molar-refractivity contribution in [1.82, 2.24) is 0 Å². The lowest BCUT2D eigenvalue weighted by Crippen LogP contribution is -2.13. The molecule has 0 aromatic heterocycles. The van der Waals surface area contributed by atoms with Crippen molar-refractivity contribution in [1.29, 1.82) is 0 Å². The van der Waals surface area contributed by atoms with E-state index in [9.17, 15) is 4.79 Å². The molecule has 0 amide bonds. The Morgan fingerprint density at radius 3 is 2.37 bits per heavy atom. The molecule has 0 fully saturated rings. The molecule has 0 radical (unpaired) electrons. The molecular formula is C18H20O. The third-order valence-electron chi connectivity index (χ3n) is 3.59. The number of benzene rings is 2. The van der Waals surface area contributed by atoms with Crippen molar-refractivity contribution in [3.8, 4) is 0 Å². The van der Waals surface area contributed by atoms with E-state index in [2.05, 4.69) is 13.0 Å². The second-order valence-corrected chi connectivity index (χ2v) is 5.05. The van der Waals surface area contributed by atoms with Crippen molar-refractivity contribution in [2.24, 2.45) is 0 Å². The van der Waals surface area contributed by atoms with Crippen molar-refractivity contribution in [3.05, 3.63) is 70.8 Å². The molecule has 0 aliphatic carbocycles. The number of carbonyl (C=O) groups excluding carboxylic acids is 1. The van der Waals surface area contributed by atoms with Gasteiger partial charge in [-0.1, -0.05) is 55.0 Å². The highest BCUT2D eigenvalue weighted by molar-refractivity contribution is 6.02. The Kier molecular flexibility index (Phi) is 4.16. The molecular weight excluding hydrogens is 232 g/mol. The number of hydrogen-bond donors (Lipinski definition) is 0. The standard InChI is InChI=1S/C18H20O/c1-4-16(15-8-6-5-7-9-15)18(19)17-12-13(2)10-11-14(17)3/h5-12,16H,4H2,1-3H3. The summed E-state index contributed by atoms with van der Waals surface area (Å²) in [5, 5.41) is 0. The van der Waals surface area contributed by atoms with Crippen molar-refractivity contribution >= 4 is 5.78 Å². The molecule has 0 N–H and O–H groups in total. The van der Waals surface area contributed by atoms with Gasteiger partial charge in [0.25, 0.3) is 0 Å². The SMILES string of the molecule is CCC(C(=O)c1cc(C)ccc1C)c1ccccc1. The Labute approximate surface area is 115 Å². The summed E-state index contributed by atoms with van der Waals surface area (Å²) >= 11 is 0. The van der Waals surface area contributed by atoms with Crippen molar-refractivity contribution < 1.29 is 4.79 Å². The van der Waals surface area contributed by atoms with Crippen LogP contribution in [-0.2, 0) is 0 Å². The maximum Gasteiger partial charge on any atom is 0.170 e. The summed E-state index contributed by atoms with van der Waals surface area (Å²) in [6.45, 7) is 6.10. The van der Waals surface area contributed by atoms with E-state index in [0.29, 0.717) is 0 Å². The first-order chi connectivity index (χ1) is 9.13. The highest BCUT2D eigenvalue weighted by atomic mass is 16.1. The molecule has 0 saturated carbocycles. The van der Waals surface area contributed by atoms with Crippen LogP contribution in [0.5, 0.6) is 0 Å². The first-order valence-corrected chi connectivity index (χ1v) is 6.80. The first-order valence-electron chi connectivity index (χ1n) is 6.80. The van der Waals surface area contributed by atoms with Crippen LogP contribution in [-0.4, -0.2) is 5.78 Å². The maximum atomic E-state index is 12.7. The van der Waals surface area contributed by atoms with Crippen molar-refractivity contribution in [2.75, 3.05) is 0 Å². The lowest BCUT2D eigenvalue weighted by Gasteiger charge is -2.16. The zero-order chi connectivity index (χ0) is 13.8. The molecule has 2 rings (SSSR count). The molecule has 0 heterocycles. The normalized spacial score (nSPS) is 12.2. The van der Waals surface area contributed by atoms with E-state index in [4.69, 9.17) is 0 Å². The van der Waals surface area contributed by atoms with E-state index >= 15 is 0 Å². The van der Waals surface area contributed by atoms with Gasteiger partial charge >= 0.3 is 0 Å². The summed E-state index contributed by atoms with van der Waals surface area (Å²) in [5.41, 5.74) is 4.16. The average Bonchev–Trinajstić information content (AvgIpc) is 2.43. The van der Waals surface area contributed by atoms with Gasteiger partial charge in [0.05, 0.1) is 0 Å². The highest BCUT2D eigenvalue weighted by Gasteiger charge is 2.21. The van der Waals surface area contributed by atoms with Gasteiger partial charge in [-0.25, -0.2) is 0 Å². The van der Waals surface area contributed by atoms with Gasteiger partial charge in [-0.05, 0) is 37.5 Å². The fourth-order valence-electron chi connectivity index (χ4n) is 2.45. The molecule has 1 atom stereocenters. The number of aryl methyl sites for hydroxylation is 2. The van der Waals surface area contributed by atoms with Crippen molar-refractivity contribution in [3.63, 3.8) is 0 Å². The third-order valence-corrected chi connectivity index (χ3v) is 3.59. The Hall–Kier alpha value is -1.89. The molecule has 0 spiro atoms. The lowest BCUT2D eigenvalue weighted by molar-refractivity contribution is 0.0956. The van der Waals surface area contributed by atoms with E-state index < -0.39 is 0 Å². The molecule has 2 aromatic carbocycles. The second kappa shape index (κ2) is 5.83. The van der Waals surface area contributed by atoms with Gasteiger partial charge in [0.15, 0.2) is 5.78 Å². The summed E-state index contributed by atoms with van der Waals surface area (Å²) in [6.07, 6.45) is 0.830. The van der Waals surface area contributed by atoms with Crippen LogP contribution < -0.4 is 0 Å². The topological polar surface area (TPSA) is 17.1 Å². The number of carbonyl (C=O) groups is 1. The number of rotatable bonds is 4. The van der Waals surface area contributed by atoms with Gasteiger partial charge in [-0.15, -0.1) is 0 Å². The van der Waals surface area contributed by atoms with Crippen LogP contribution in [0.4, 0.5) is 0 Å². The molecule has 1 nitrogen and oxygen atoms in total. The Balaban J connectivity index is 2.39. The van der Waals surface area contributed by atoms with Crippen LogP contribution in [0, 0.1) is 13.8 Å². The van der Waals surface area contributed by atoms with Crippen LogP contribution in [0.1, 0.15) is 46.3 Å². The van der Waals surface area contributed by atoms with Gasteiger partial charge in [0, 0.05) is 11.5 Å². The Bertz CT molecular complexity index is 569. The predicted molar refractivity (Wildman–Crippen MR) is 79.7 cm³/mol. The molecule has 19 heavy (non-hydrogen) atoms. The molecule has 98 valence electrons. The molecule has 0 bridgehead atoms. The summed E-state index contributed by atoms with van der Waals surface area (Å²) in [7, 11) is 0. The number of ketones is 1. The molecule has 0 saturated heterocycles. The molecule has 1 unspecified atom stereocenters.